The van der Waals surface area contributed by atoms with Gasteiger partial charge < -0.3 is 10.6 Å². The number of nitriles is 1. The number of benzene rings is 1. The van der Waals surface area contributed by atoms with Gasteiger partial charge in [-0.3, -0.25) is 4.79 Å². The third-order valence-electron chi connectivity index (χ3n) is 3.25. The molecule has 1 saturated heterocycles. The molecule has 1 atom stereocenters. The zero-order valence-electron chi connectivity index (χ0n) is 10.6. The van der Waals surface area contributed by atoms with Crippen LogP contribution in [0.2, 0.25) is 0 Å². The van der Waals surface area contributed by atoms with Gasteiger partial charge in [0.15, 0.2) is 0 Å². The molecule has 0 bridgehead atoms. The molecule has 2 N–H and O–H groups in total. The molecule has 1 amide bonds. The molecule has 5 heteroatoms. The number of hydrogen-bond donors (Lipinski definition) is 2. The molecule has 2 rings (SSSR count). The smallest absolute Gasteiger partial charge is 0.224 e. The summed E-state index contributed by atoms with van der Waals surface area (Å²) in [5, 5.41) is 15.2. The van der Waals surface area contributed by atoms with Crippen LogP contribution in [0.3, 0.4) is 0 Å². The second kappa shape index (κ2) is 6.69. The van der Waals surface area contributed by atoms with E-state index in [4.69, 9.17) is 5.26 Å². The van der Waals surface area contributed by atoms with E-state index < -0.39 is 0 Å². The van der Waals surface area contributed by atoms with E-state index in [0.717, 1.165) is 30.4 Å². The minimum absolute atomic E-state index is 0.0208. The maximum Gasteiger partial charge on any atom is 0.224 e. The SMILES string of the molecule is N#Cc1cc(Br)ccc1NC(=O)CC1CCCNC1. The highest BCUT2D eigenvalue weighted by molar-refractivity contribution is 9.10. The van der Waals surface area contributed by atoms with Gasteiger partial charge in [0.2, 0.25) is 5.91 Å². The Hall–Kier alpha value is -1.38. The van der Waals surface area contributed by atoms with Crippen molar-refractivity contribution < 1.29 is 4.79 Å². The van der Waals surface area contributed by atoms with E-state index in [9.17, 15) is 4.79 Å². The topological polar surface area (TPSA) is 64.9 Å². The standard InChI is InChI=1S/C14H16BrN3O/c15-12-3-4-13(11(7-12)8-16)18-14(19)6-10-2-1-5-17-9-10/h3-4,7,10,17H,1-2,5-6,9H2,(H,18,19). The van der Waals surface area contributed by atoms with Gasteiger partial charge in [-0.1, -0.05) is 15.9 Å². The van der Waals surface area contributed by atoms with Crippen LogP contribution in [-0.4, -0.2) is 19.0 Å². The van der Waals surface area contributed by atoms with Gasteiger partial charge in [0.05, 0.1) is 11.3 Å². The number of amides is 1. The summed E-state index contributed by atoms with van der Waals surface area (Å²) < 4.78 is 0.832. The number of anilines is 1. The first-order valence-electron chi connectivity index (χ1n) is 6.39. The molecule has 4 nitrogen and oxygen atoms in total. The van der Waals surface area contributed by atoms with Crippen molar-refractivity contribution in [2.24, 2.45) is 5.92 Å². The molecule has 19 heavy (non-hydrogen) atoms. The van der Waals surface area contributed by atoms with Crippen LogP contribution in [0.1, 0.15) is 24.8 Å². The lowest BCUT2D eigenvalue weighted by atomic mass is 9.96. The molecule has 0 spiro atoms. The van der Waals surface area contributed by atoms with Crippen LogP contribution in [0.25, 0.3) is 0 Å². The normalized spacial score (nSPS) is 18.6. The maximum absolute atomic E-state index is 12.0. The van der Waals surface area contributed by atoms with E-state index in [1.54, 1.807) is 12.1 Å². The summed E-state index contributed by atoms with van der Waals surface area (Å²) in [6.07, 6.45) is 2.72. The molecule has 100 valence electrons. The lowest BCUT2D eigenvalue weighted by Gasteiger charge is -2.22. The van der Waals surface area contributed by atoms with Gasteiger partial charge in [0.25, 0.3) is 0 Å². The highest BCUT2D eigenvalue weighted by atomic mass is 79.9. The van der Waals surface area contributed by atoms with E-state index in [1.165, 1.54) is 0 Å². The number of rotatable bonds is 3. The van der Waals surface area contributed by atoms with Crippen molar-refractivity contribution in [3.8, 4) is 6.07 Å². The second-order valence-corrected chi connectivity index (χ2v) is 5.68. The van der Waals surface area contributed by atoms with Gasteiger partial charge in [-0.15, -0.1) is 0 Å². The summed E-state index contributed by atoms with van der Waals surface area (Å²) in [7, 11) is 0. The minimum Gasteiger partial charge on any atom is -0.325 e. The fraction of sp³-hybridized carbons (Fsp3) is 0.429. The van der Waals surface area contributed by atoms with E-state index in [-0.39, 0.29) is 5.91 Å². The zero-order valence-corrected chi connectivity index (χ0v) is 12.2. The van der Waals surface area contributed by atoms with Crippen molar-refractivity contribution in [3.63, 3.8) is 0 Å². The van der Waals surface area contributed by atoms with Crippen LogP contribution in [0.5, 0.6) is 0 Å². The molecule has 0 radical (unpaired) electrons. The van der Waals surface area contributed by atoms with Crippen molar-refractivity contribution >= 4 is 27.5 Å². The lowest BCUT2D eigenvalue weighted by Crippen LogP contribution is -2.32. The molecule has 0 saturated carbocycles. The van der Waals surface area contributed by atoms with Gasteiger partial charge in [-0.05, 0) is 50.0 Å². The molecular formula is C14H16BrN3O. The first-order chi connectivity index (χ1) is 9.19. The minimum atomic E-state index is -0.0208. The fourth-order valence-electron chi connectivity index (χ4n) is 2.28. The monoisotopic (exact) mass is 321 g/mol. The first-order valence-corrected chi connectivity index (χ1v) is 7.18. The van der Waals surface area contributed by atoms with Gasteiger partial charge in [-0.2, -0.15) is 5.26 Å². The Kier molecular flexibility index (Phi) is 4.94. The summed E-state index contributed by atoms with van der Waals surface area (Å²) in [5.74, 6) is 0.377. The van der Waals surface area contributed by atoms with Gasteiger partial charge in [0, 0.05) is 10.9 Å². The molecule has 1 fully saturated rings. The number of piperidine rings is 1. The van der Waals surface area contributed by atoms with Crippen molar-refractivity contribution in [1.82, 2.24) is 5.32 Å². The van der Waals surface area contributed by atoms with E-state index >= 15 is 0 Å². The number of hydrogen-bond acceptors (Lipinski definition) is 3. The largest absolute Gasteiger partial charge is 0.325 e. The Morgan fingerprint density at radius 3 is 3.11 bits per heavy atom. The molecule has 1 aliphatic rings. The highest BCUT2D eigenvalue weighted by Crippen LogP contribution is 2.21. The van der Waals surface area contributed by atoms with Crippen molar-refractivity contribution in [3.05, 3.63) is 28.2 Å². The van der Waals surface area contributed by atoms with Crippen molar-refractivity contribution in [2.45, 2.75) is 19.3 Å². The average molecular weight is 322 g/mol. The fourth-order valence-corrected chi connectivity index (χ4v) is 2.64. The molecule has 0 aromatic heterocycles. The number of halogens is 1. The summed E-state index contributed by atoms with van der Waals surface area (Å²) in [5.41, 5.74) is 1.06. The third-order valence-corrected chi connectivity index (χ3v) is 3.74. The highest BCUT2D eigenvalue weighted by Gasteiger charge is 2.17. The van der Waals surface area contributed by atoms with Gasteiger partial charge in [-0.25, -0.2) is 0 Å². The molecule has 1 heterocycles. The second-order valence-electron chi connectivity index (χ2n) is 4.77. The summed E-state index contributed by atoms with van der Waals surface area (Å²) in [6.45, 7) is 1.95. The van der Waals surface area contributed by atoms with Crippen molar-refractivity contribution in [2.75, 3.05) is 18.4 Å². The Morgan fingerprint density at radius 1 is 1.58 bits per heavy atom. The van der Waals surface area contributed by atoms with Crippen molar-refractivity contribution in [1.29, 1.82) is 5.26 Å². The van der Waals surface area contributed by atoms with Crippen LogP contribution in [-0.2, 0) is 4.79 Å². The quantitative estimate of drug-likeness (QED) is 0.899. The molecule has 1 aromatic carbocycles. The number of nitrogens with one attached hydrogen (secondary N) is 2. The first kappa shape index (κ1) is 14.0. The molecule has 0 aliphatic carbocycles. The van der Waals surface area contributed by atoms with Crippen LogP contribution in [0.4, 0.5) is 5.69 Å². The summed E-state index contributed by atoms with van der Waals surface area (Å²) in [4.78, 5) is 12.0. The maximum atomic E-state index is 12.0. The lowest BCUT2D eigenvalue weighted by molar-refractivity contribution is -0.117. The van der Waals surface area contributed by atoms with Crippen LogP contribution >= 0.6 is 15.9 Å². The Labute approximate surface area is 121 Å². The number of carbonyl (C=O) groups excluding carboxylic acids is 1. The molecular weight excluding hydrogens is 306 g/mol. The summed E-state index contributed by atoms with van der Waals surface area (Å²) in [6, 6.07) is 7.36. The number of carbonyl (C=O) groups is 1. The summed E-state index contributed by atoms with van der Waals surface area (Å²) >= 11 is 3.31. The average Bonchev–Trinajstić information content (AvgIpc) is 2.42. The zero-order chi connectivity index (χ0) is 13.7. The number of nitrogens with zero attached hydrogens (tertiary/aromatic N) is 1. The third kappa shape index (κ3) is 4.05. The van der Waals surface area contributed by atoms with Crippen LogP contribution in [0, 0.1) is 17.2 Å². The van der Waals surface area contributed by atoms with Gasteiger partial charge in [0.1, 0.15) is 6.07 Å². The molecule has 1 aromatic rings. The Balaban J connectivity index is 1.97. The predicted octanol–water partition coefficient (Wildman–Crippen LogP) is 2.65. The van der Waals surface area contributed by atoms with E-state index in [1.807, 2.05) is 6.07 Å². The molecule has 1 unspecified atom stereocenters. The van der Waals surface area contributed by atoms with E-state index in [2.05, 4.69) is 32.6 Å². The van der Waals surface area contributed by atoms with E-state index in [0.29, 0.717) is 23.6 Å². The van der Waals surface area contributed by atoms with Gasteiger partial charge >= 0.3 is 0 Å². The molecule has 1 aliphatic heterocycles. The van der Waals surface area contributed by atoms with Crippen LogP contribution in [0.15, 0.2) is 22.7 Å². The predicted molar refractivity (Wildman–Crippen MR) is 77.7 cm³/mol. The Morgan fingerprint density at radius 2 is 2.42 bits per heavy atom. The Bertz CT molecular complexity index is 504. The van der Waals surface area contributed by atoms with Crippen LogP contribution < -0.4 is 10.6 Å².